The van der Waals surface area contributed by atoms with E-state index in [0.717, 1.165) is 18.6 Å². The highest BCUT2D eigenvalue weighted by Crippen LogP contribution is 2.35. The highest BCUT2D eigenvalue weighted by molar-refractivity contribution is 5.94. The quantitative estimate of drug-likeness (QED) is 0.449. The molecule has 0 radical (unpaired) electrons. The number of amides is 1. The van der Waals surface area contributed by atoms with Crippen molar-refractivity contribution in [2.45, 2.75) is 43.9 Å². The van der Waals surface area contributed by atoms with Gasteiger partial charge in [-0.3, -0.25) is 14.2 Å². The fourth-order valence-electron chi connectivity index (χ4n) is 4.74. The molecule has 9 heteroatoms. The summed E-state index contributed by atoms with van der Waals surface area (Å²) in [6.45, 7) is 0.945. The Morgan fingerprint density at radius 2 is 1.72 bits per heavy atom. The topological polar surface area (TPSA) is 102 Å². The maximum absolute atomic E-state index is 13.0. The van der Waals surface area contributed by atoms with Gasteiger partial charge in [0.25, 0.3) is 11.5 Å². The number of piperidine rings is 1. The lowest BCUT2D eigenvalue weighted by Crippen LogP contribution is -2.49. The number of hydrogen-bond acceptors (Lipinski definition) is 6. The van der Waals surface area contributed by atoms with Gasteiger partial charge in [0.05, 0.1) is 24.4 Å². The second-order valence-corrected chi connectivity index (χ2v) is 9.69. The van der Waals surface area contributed by atoms with Crippen LogP contribution in [0.2, 0.25) is 0 Å². The molecular weight excluding hydrogens is 458 g/mol. The van der Waals surface area contributed by atoms with Crippen LogP contribution in [-0.4, -0.2) is 53.9 Å². The molecule has 2 aliphatic rings. The van der Waals surface area contributed by atoms with E-state index in [-0.39, 0.29) is 18.0 Å². The van der Waals surface area contributed by atoms with E-state index in [2.05, 4.69) is 10.1 Å². The van der Waals surface area contributed by atoms with Gasteiger partial charge in [-0.25, -0.2) is 9.67 Å². The Kier molecular flexibility index (Phi) is 5.56. The average Bonchev–Trinajstić information content (AvgIpc) is 3.65. The molecule has 6 rings (SSSR count). The maximum Gasteiger partial charge on any atom is 0.264 e. The monoisotopic (exact) mass is 485 g/mol. The van der Waals surface area contributed by atoms with Crippen molar-refractivity contribution < 1.29 is 14.6 Å². The van der Waals surface area contributed by atoms with Gasteiger partial charge in [0.2, 0.25) is 0 Å². The van der Waals surface area contributed by atoms with E-state index in [9.17, 15) is 14.7 Å². The number of rotatable bonds is 6. The molecule has 0 unspecified atom stereocenters. The minimum atomic E-state index is -1.09. The number of carbonyl (C=O) groups is 1. The Morgan fingerprint density at radius 1 is 1.03 bits per heavy atom. The first-order chi connectivity index (χ1) is 17.5. The van der Waals surface area contributed by atoms with Crippen molar-refractivity contribution in [3.63, 3.8) is 0 Å². The van der Waals surface area contributed by atoms with Gasteiger partial charge < -0.3 is 14.7 Å². The van der Waals surface area contributed by atoms with Gasteiger partial charge in [0, 0.05) is 18.7 Å². The summed E-state index contributed by atoms with van der Waals surface area (Å²) in [6, 6.07) is 16.9. The predicted molar refractivity (Wildman–Crippen MR) is 133 cm³/mol. The summed E-state index contributed by atoms with van der Waals surface area (Å²) in [5.41, 5.74) is -0.113. The lowest BCUT2D eigenvalue weighted by molar-refractivity contribution is -0.0299. The predicted octanol–water partition coefficient (Wildman–Crippen LogP) is 3.39. The molecule has 184 valence electrons. The molecule has 1 aliphatic heterocycles. The molecule has 0 bridgehead atoms. The van der Waals surface area contributed by atoms with Crippen LogP contribution >= 0.6 is 0 Å². The molecule has 1 saturated heterocycles. The third kappa shape index (κ3) is 4.37. The summed E-state index contributed by atoms with van der Waals surface area (Å²) < 4.78 is 9.08. The maximum atomic E-state index is 13.0. The highest BCUT2D eigenvalue weighted by Gasteiger charge is 2.35. The minimum Gasteiger partial charge on any atom is -0.457 e. The number of benzene rings is 2. The number of hydrogen-bond donors (Lipinski definition) is 1. The number of aliphatic hydroxyl groups is 1. The third-order valence-corrected chi connectivity index (χ3v) is 7.00. The largest absolute Gasteiger partial charge is 0.457 e. The van der Waals surface area contributed by atoms with Crippen LogP contribution in [0.5, 0.6) is 11.5 Å². The van der Waals surface area contributed by atoms with Crippen molar-refractivity contribution in [1.29, 1.82) is 0 Å². The summed E-state index contributed by atoms with van der Waals surface area (Å²) in [7, 11) is 0. The van der Waals surface area contributed by atoms with Crippen molar-refractivity contribution in [3.8, 4) is 11.5 Å². The molecule has 1 N–H and O–H groups in total. The average molecular weight is 486 g/mol. The SMILES string of the molecule is O=C(c1ccc(Oc2ccccc2)cc1)N1CCC(O)(Cn2cnc3c(cnn3C3CC3)c2=O)CC1. The van der Waals surface area contributed by atoms with E-state index in [4.69, 9.17) is 4.74 Å². The molecule has 9 nitrogen and oxygen atoms in total. The van der Waals surface area contributed by atoms with E-state index in [0.29, 0.717) is 54.3 Å². The lowest BCUT2D eigenvalue weighted by Gasteiger charge is -2.38. The molecular formula is C27H27N5O4. The van der Waals surface area contributed by atoms with E-state index in [1.807, 2.05) is 35.0 Å². The van der Waals surface area contributed by atoms with Gasteiger partial charge >= 0.3 is 0 Å². The summed E-state index contributed by atoms with van der Waals surface area (Å²) in [4.78, 5) is 32.2. The Hall–Kier alpha value is -3.98. The standard InChI is InChI=1S/C27H27N5O4/c33-25(19-6-10-22(11-7-19)36-21-4-2-1-3-5-21)30-14-12-27(35,13-15-30)17-31-18-28-24-23(26(31)34)16-29-32(24)20-8-9-20/h1-7,10-11,16,18,20,35H,8-9,12-15,17H2. The molecule has 0 atom stereocenters. The van der Waals surface area contributed by atoms with Crippen LogP contribution in [-0.2, 0) is 6.54 Å². The Morgan fingerprint density at radius 3 is 2.42 bits per heavy atom. The number of nitrogens with zero attached hydrogens (tertiary/aromatic N) is 5. The molecule has 1 aliphatic carbocycles. The smallest absolute Gasteiger partial charge is 0.264 e. The first-order valence-corrected chi connectivity index (χ1v) is 12.3. The summed E-state index contributed by atoms with van der Waals surface area (Å²) in [6.07, 6.45) is 5.94. The van der Waals surface area contributed by atoms with Crippen LogP contribution in [0.1, 0.15) is 42.1 Å². The lowest BCUT2D eigenvalue weighted by atomic mass is 9.91. The molecule has 36 heavy (non-hydrogen) atoms. The fraction of sp³-hybridized carbons (Fsp3) is 0.333. The van der Waals surface area contributed by atoms with Gasteiger partial charge in [-0.15, -0.1) is 0 Å². The van der Waals surface area contributed by atoms with Crippen molar-refractivity contribution in [2.75, 3.05) is 13.1 Å². The number of ether oxygens (including phenoxy) is 1. The molecule has 1 amide bonds. The van der Waals surface area contributed by atoms with E-state index in [1.165, 1.54) is 10.9 Å². The molecule has 4 aromatic rings. The molecule has 1 saturated carbocycles. The minimum absolute atomic E-state index is 0.0870. The Bertz CT molecular complexity index is 1450. The number of para-hydroxylation sites is 1. The van der Waals surface area contributed by atoms with Crippen molar-refractivity contribution in [2.24, 2.45) is 0 Å². The van der Waals surface area contributed by atoms with Crippen LogP contribution < -0.4 is 10.3 Å². The normalized spacial score (nSPS) is 17.3. The van der Waals surface area contributed by atoms with Gasteiger partial charge in [-0.2, -0.15) is 5.10 Å². The van der Waals surface area contributed by atoms with Crippen LogP contribution in [0, 0.1) is 0 Å². The molecule has 0 spiro atoms. The first-order valence-electron chi connectivity index (χ1n) is 12.3. The van der Waals surface area contributed by atoms with Crippen LogP contribution in [0.25, 0.3) is 11.0 Å². The van der Waals surface area contributed by atoms with Gasteiger partial charge in [0.15, 0.2) is 5.65 Å². The van der Waals surface area contributed by atoms with Gasteiger partial charge in [-0.05, 0) is 62.1 Å². The second-order valence-electron chi connectivity index (χ2n) is 9.69. The Balaban J connectivity index is 1.09. The third-order valence-electron chi connectivity index (χ3n) is 7.00. The fourth-order valence-corrected chi connectivity index (χ4v) is 4.74. The first kappa shape index (κ1) is 22.5. The van der Waals surface area contributed by atoms with Crippen molar-refractivity contribution in [1.82, 2.24) is 24.2 Å². The number of likely N-dealkylation sites (tertiary alicyclic amines) is 1. The Labute approximate surface area is 207 Å². The van der Waals surface area contributed by atoms with Crippen LogP contribution in [0.15, 0.2) is 71.9 Å². The van der Waals surface area contributed by atoms with E-state index < -0.39 is 5.60 Å². The zero-order valence-corrected chi connectivity index (χ0v) is 19.8. The molecule has 2 aromatic heterocycles. The number of carbonyl (C=O) groups excluding carboxylic acids is 1. The van der Waals surface area contributed by atoms with E-state index >= 15 is 0 Å². The molecule has 3 heterocycles. The van der Waals surface area contributed by atoms with Crippen LogP contribution in [0.3, 0.4) is 0 Å². The molecule has 2 aromatic carbocycles. The summed E-state index contributed by atoms with van der Waals surface area (Å²) in [5, 5.41) is 16.0. The van der Waals surface area contributed by atoms with Crippen molar-refractivity contribution >= 4 is 16.9 Å². The zero-order valence-electron chi connectivity index (χ0n) is 19.8. The molecule has 2 fully saturated rings. The number of aromatic nitrogens is 4. The van der Waals surface area contributed by atoms with Gasteiger partial charge in [-0.1, -0.05) is 18.2 Å². The number of fused-ring (bicyclic) bond motifs is 1. The van der Waals surface area contributed by atoms with Crippen LogP contribution in [0.4, 0.5) is 0 Å². The second kappa shape index (κ2) is 8.91. The summed E-state index contributed by atoms with van der Waals surface area (Å²) in [5.74, 6) is 1.30. The zero-order chi connectivity index (χ0) is 24.7. The van der Waals surface area contributed by atoms with E-state index in [1.54, 1.807) is 35.4 Å². The summed E-state index contributed by atoms with van der Waals surface area (Å²) >= 11 is 0. The van der Waals surface area contributed by atoms with Gasteiger partial charge in [0.1, 0.15) is 23.2 Å². The highest BCUT2D eigenvalue weighted by atomic mass is 16.5. The van der Waals surface area contributed by atoms with Crippen molar-refractivity contribution in [3.05, 3.63) is 83.0 Å².